The molecule has 0 saturated heterocycles. The van der Waals surface area contributed by atoms with Crippen molar-refractivity contribution in [2.75, 3.05) is 0 Å². The van der Waals surface area contributed by atoms with E-state index in [1.165, 1.54) is 10.0 Å². The molecule has 94 valence electrons. The van der Waals surface area contributed by atoms with Crippen molar-refractivity contribution in [2.45, 2.75) is 24.8 Å². The zero-order chi connectivity index (χ0) is 13.0. The maximum absolute atomic E-state index is 10.4. The van der Waals surface area contributed by atoms with Gasteiger partial charge in [-0.3, -0.25) is 0 Å². The van der Waals surface area contributed by atoms with Gasteiger partial charge in [-0.15, -0.1) is 0 Å². The summed E-state index contributed by atoms with van der Waals surface area (Å²) in [5, 5.41) is 10.4. The summed E-state index contributed by atoms with van der Waals surface area (Å²) < 4.78 is 1.34. The van der Waals surface area contributed by atoms with Gasteiger partial charge in [0.2, 0.25) is 0 Å². The van der Waals surface area contributed by atoms with Gasteiger partial charge in [0.1, 0.15) is 0 Å². The summed E-state index contributed by atoms with van der Waals surface area (Å²) in [5.41, 5.74) is 2.25. The van der Waals surface area contributed by atoms with E-state index in [2.05, 4.69) is 50.2 Å². The summed E-state index contributed by atoms with van der Waals surface area (Å²) in [7, 11) is 0. The third-order valence-corrected chi connectivity index (χ3v) is 5.39. The Morgan fingerprint density at radius 2 is 1.56 bits per heavy atom. The van der Waals surface area contributed by atoms with Crippen LogP contribution in [0.25, 0.3) is 0 Å². The molecule has 0 unspecified atom stereocenters. The van der Waals surface area contributed by atoms with E-state index in [4.69, 9.17) is 0 Å². The average molecular weight is 305 g/mol. The van der Waals surface area contributed by atoms with Crippen molar-refractivity contribution in [3.63, 3.8) is 0 Å². The first-order valence-electron chi connectivity index (χ1n) is 6.13. The van der Waals surface area contributed by atoms with E-state index in [1.807, 2.05) is 18.2 Å². The van der Waals surface area contributed by atoms with E-state index in [9.17, 15) is 5.11 Å². The quantitative estimate of drug-likeness (QED) is 0.861. The molecule has 0 aliphatic heterocycles. The van der Waals surface area contributed by atoms with Gasteiger partial charge in [0.15, 0.2) is 0 Å². The number of aliphatic hydroxyl groups is 1. The van der Waals surface area contributed by atoms with Gasteiger partial charge in [-0.2, -0.15) is 0 Å². The van der Waals surface area contributed by atoms with Crippen LogP contribution in [0.1, 0.15) is 24.2 Å². The first kappa shape index (κ1) is 13.4. The summed E-state index contributed by atoms with van der Waals surface area (Å²) in [4.78, 5) is 0.280. The van der Waals surface area contributed by atoms with Crippen LogP contribution in [-0.4, -0.2) is 20.1 Å². The first-order valence-corrected chi connectivity index (χ1v) is 7.98. The van der Waals surface area contributed by atoms with Crippen LogP contribution >= 0.6 is 0 Å². The zero-order valence-corrected chi connectivity index (χ0v) is 12.4. The van der Waals surface area contributed by atoms with Gasteiger partial charge in [-0.05, 0) is 0 Å². The van der Waals surface area contributed by atoms with Crippen molar-refractivity contribution in [1.82, 2.24) is 0 Å². The van der Waals surface area contributed by atoms with Crippen molar-refractivity contribution >= 4 is 19.4 Å². The Kier molecular flexibility index (Phi) is 4.59. The molecular formula is C16H18OSe. The van der Waals surface area contributed by atoms with Crippen LogP contribution in [0.3, 0.4) is 0 Å². The molecule has 0 radical (unpaired) electrons. The van der Waals surface area contributed by atoms with E-state index in [1.54, 1.807) is 0 Å². The Hall–Kier alpha value is -1.08. The molecule has 0 aliphatic carbocycles. The average Bonchev–Trinajstić information content (AvgIpc) is 2.40. The monoisotopic (exact) mass is 306 g/mol. The fourth-order valence-corrected chi connectivity index (χ4v) is 3.97. The van der Waals surface area contributed by atoms with Crippen LogP contribution < -0.4 is 4.46 Å². The van der Waals surface area contributed by atoms with E-state index in [-0.39, 0.29) is 10.9 Å². The molecule has 0 aliphatic rings. The summed E-state index contributed by atoms with van der Waals surface area (Å²) >= 11 is 0.297. The van der Waals surface area contributed by atoms with Crippen LogP contribution in [0.4, 0.5) is 0 Å². The Labute approximate surface area is 115 Å². The fraction of sp³-hybridized carbons (Fsp3) is 0.250. The number of aryl methyl sites for hydroxylation is 1. The van der Waals surface area contributed by atoms with Crippen LogP contribution in [0.15, 0.2) is 54.6 Å². The number of hydrogen-bond donors (Lipinski definition) is 1. The van der Waals surface area contributed by atoms with E-state index in [0.29, 0.717) is 15.0 Å². The second-order valence-corrected chi connectivity index (χ2v) is 7.54. The minimum atomic E-state index is -0.370. The summed E-state index contributed by atoms with van der Waals surface area (Å²) in [6, 6.07) is 18.6. The normalized spacial score (nSPS) is 14.2. The van der Waals surface area contributed by atoms with Crippen LogP contribution in [0, 0.1) is 6.92 Å². The van der Waals surface area contributed by atoms with Crippen molar-refractivity contribution < 1.29 is 5.11 Å². The number of hydrogen-bond acceptors (Lipinski definition) is 1. The molecule has 2 rings (SSSR count). The van der Waals surface area contributed by atoms with Gasteiger partial charge in [0.05, 0.1) is 0 Å². The molecule has 0 spiro atoms. The third-order valence-electron chi connectivity index (χ3n) is 2.93. The molecule has 0 heterocycles. The second-order valence-electron chi connectivity index (χ2n) is 4.49. The summed E-state index contributed by atoms with van der Waals surface area (Å²) in [6.07, 6.45) is -0.370. The van der Waals surface area contributed by atoms with E-state index in [0.717, 1.165) is 5.56 Å². The molecule has 2 atom stereocenters. The molecule has 0 amide bonds. The third kappa shape index (κ3) is 3.46. The minimum absolute atomic E-state index is 0.280. The molecule has 0 aromatic heterocycles. The Balaban J connectivity index is 2.05. The predicted molar refractivity (Wildman–Crippen MR) is 77.4 cm³/mol. The van der Waals surface area contributed by atoms with Crippen LogP contribution in [0.5, 0.6) is 0 Å². The van der Waals surface area contributed by atoms with Crippen LogP contribution in [0.2, 0.25) is 4.82 Å². The molecule has 0 saturated carbocycles. The Morgan fingerprint density at radius 3 is 2.17 bits per heavy atom. The van der Waals surface area contributed by atoms with E-state index >= 15 is 0 Å². The summed E-state index contributed by atoms with van der Waals surface area (Å²) in [6.45, 7) is 4.19. The number of rotatable bonds is 4. The van der Waals surface area contributed by atoms with Crippen molar-refractivity contribution in [2.24, 2.45) is 0 Å². The Morgan fingerprint density at radius 1 is 0.944 bits per heavy atom. The molecule has 18 heavy (non-hydrogen) atoms. The molecule has 2 aromatic carbocycles. The van der Waals surface area contributed by atoms with Gasteiger partial charge in [-0.1, -0.05) is 0 Å². The van der Waals surface area contributed by atoms with E-state index < -0.39 is 0 Å². The summed E-state index contributed by atoms with van der Waals surface area (Å²) in [5.74, 6) is 0. The van der Waals surface area contributed by atoms with Crippen LogP contribution in [-0.2, 0) is 0 Å². The number of aliphatic hydroxyl groups excluding tert-OH is 1. The van der Waals surface area contributed by atoms with Crippen molar-refractivity contribution in [1.29, 1.82) is 0 Å². The SMILES string of the molecule is Cc1ccc([C@@H](O)[C@@H](C)[Se]c2ccccc2)cc1. The van der Waals surface area contributed by atoms with Crippen molar-refractivity contribution in [3.05, 3.63) is 65.7 Å². The molecule has 1 nitrogen and oxygen atoms in total. The molecule has 2 heteroatoms. The topological polar surface area (TPSA) is 20.2 Å². The zero-order valence-electron chi connectivity index (χ0n) is 10.7. The molecule has 0 fully saturated rings. The van der Waals surface area contributed by atoms with Crippen molar-refractivity contribution in [3.8, 4) is 0 Å². The fourth-order valence-electron chi connectivity index (χ4n) is 1.81. The standard InChI is InChI=1S/C16H18OSe/c1-12-8-10-14(11-9-12)16(17)13(2)18-15-6-4-3-5-7-15/h3-11,13,16-17H,1-2H3/t13-,16+/m1/s1. The molecule has 2 aromatic rings. The maximum atomic E-state index is 10.4. The number of benzene rings is 2. The molecule has 1 N–H and O–H groups in total. The molecular weight excluding hydrogens is 287 g/mol. The Bertz CT molecular complexity index is 478. The van der Waals surface area contributed by atoms with Gasteiger partial charge >= 0.3 is 115 Å². The van der Waals surface area contributed by atoms with Gasteiger partial charge in [0.25, 0.3) is 0 Å². The van der Waals surface area contributed by atoms with Gasteiger partial charge in [0, 0.05) is 0 Å². The first-order chi connectivity index (χ1) is 8.66. The molecule has 0 bridgehead atoms. The second kappa shape index (κ2) is 6.19. The van der Waals surface area contributed by atoms with Gasteiger partial charge in [-0.25, -0.2) is 0 Å². The predicted octanol–water partition coefficient (Wildman–Crippen LogP) is 2.87. The van der Waals surface area contributed by atoms with Gasteiger partial charge < -0.3 is 0 Å².